The van der Waals surface area contributed by atoms with Crippen molar-refractivity contribution >= 4 is 34.2 Å². The van der Waals surface area contributed by atoms with Gasteiger partial charge in [-0.15, -0.1) is 11.3 Å². The summed E-state index contributed by atoms with van der Waals surface area (Å²) in [6.07, 6.45) is 5.18. The maximum Gasteiger partial charge on any atom is 0.125 e. The summed E-state index contributed by atoms with van der Waals surface area (Å²) in [5.74, 6) is 0.798. The van der Waals surface area contributed by atoms with Crippen LogP contribution in [-0.4, -0.2) is 9.97 Å². The van der Waals surface area contributed by atoms with Crippen molar-refractivity contribution in [1.29, 1.82) is 0 Å². The smallest absolute Gasteiger partial charge is 0.125 e. The van der Waals surface area contributed by atoms with Crippen molar-refractivity contribution in [3.8, 4) is 0 Å². The third kappa shape index (κ3) is 1.43. The molecule has 0 radical (unpaired) electrons. The molecule has 2 heterocycles. The predicted octanol–water partition coefficient (Wildman–Crippen LogP) is 2.72. The Kier molecular flexibility index (Phi) is 2.14. The van der Waals surface area contributed by atoms with Crippen molar-refractivity contribution in [3.63, 3.8) is 0 Å². The molecule has 2 aromatic rings. The third-order valence-electron chi connectivity index (χ3n) is 3.06. The van der Waals surface area contributed by atoms with E-state index in [1.807, 2.05) is 0 Å². The van der Waals surface area contributed by atoms with E-state index in [9.17, 15) is 0 Å². The molecule has 3 rings (SSSR count). The van der Waals surface area contributed by atoms with Crippen molar-refractivity contribution in [1.82, 2.24) is 9.97 Å². The zero-order valence-corrected chi connectivity index (χ0v) is 10.1. The van der Waals surface area contributed by atoms with Crippen molar-refractivity contribution in [2.45, 2.75) is 31.2 Å². The minimum absolute atomic E-state index is 0.729. The number of aryl methyl sites for hydroxylation is 1. The normalized spacial score (nSPS) is 20.5. The Morgan fingerprint density at radius 2 is 2.33 bits per heavy atom. The summed E-state index contributed by atoms with van der Waals surface area (Å²) in [4.78, 5) is 11.0. The minimum atomic E-state index is 0.729. The SMILES string of the molecule is C[C@@H]1CCc2c(sc3ncnc([S-])c23)C1. The fraction of sp³-hybridized carbons (Fsp3) is 0.455. The van der Waals surface area contributed by atoms with Gasteiger partial charge in [-0.3, -0.25) is 4.98 Å². The Bertz CT molecular complexity index is 519. The zero-order chi connectivity index (χ0) is 10.4. The summed E-state index contributed by atoms with van der Waals surface area (Å²) in [6.45, 7) is 2.31. The number of rotatable bonds is 0. The Balaban J connectivity index is 2.29. The number of thiophene rings is 1. The molecule has 0 aliphatic heterocycles. The summed E-state index contributed by atoms with van der Waals surface area (Å²) in [5.41, 5.74) is 1.43. The Hall–Kier alpha value is -0.740. The molecular weight excluding hydrogens is 224 g/mol. The molecule has 0 N–H and O–H groups in total. The molecule has 1 atom stereocenters. The molecule has 2 aromatic heterocycles. The van der Waals surface area contributed by atoms with Crippen molar-refractivity contribution < 1.29 is 0 Å². The second-order valence-corrected chi connectivity index (χ2v) is 5.68. The van der Waals surface area contributed by atoms with Gasteiger partial charge in [-0.1, -0.05) is 11.9 Å². The number of fused-ring (bicyclic) bond motifs is 3. The first-order chi connectivity index (χ1) is 7.25. The summed E-state index contributed by atoms with van der Waals surface area (Å²) in [6, 6.07) is 0. The van der Waals surface area contributed by atoms with Crippen LogP contribution in [0, 0.1) is 5.92 Å². The standard InChI is InChI=1S/C11H12N2S2/c1-6-2-3-7-8(4-6)15-11-9(7)10(14)12-5-13-11/h5-6H,2-4H2,1H3,(H,12,13,14)/p-1/t6-/m1/s1. The fourth-order valence-electron chi connectivity index (χ4n) is 2.25. The van der Waals surface area contributed by atoms with E-state index in [0.29, 0.717) is 0 Å². The highest BCUT2D eigenvalue weighted by Gasteiger charge is 2.20. The lowest BCUT2D eigenvalue weighted by Gasteiger charge is -2.18. The highest BCUT2D eigenvalue weighted by molar-refractivity contribution is 7.59. The van der Waals surface area contributed by atoms with Gasteiger partial charge in [0.1, 0.15) is 11.2 Å². The lowest BCUT2D eigenvalue weighted by molar-refractivity contribution is 0.509. The summed E-state index contributed by atoms with van der Waals surface area (Å²) < 4.78 is 0. The molecule has 4 heteroatoms. The topological polar surface area (TPSA) is 25.8 Å². The third-order valence-corrected chi connectivity index (χ3v) is 4.53. The lowest BCUT2D eigenvalue weighted by atomic mass is 9.89. The monoisotopic (exact) mass is 235 g/mol. The molecule has 0 saturated heterocycles. The molecular formula is C11H11N2S2-. The number of aromatic nitrogens is 2. The average Bonchev–Trinajstić information content (AvgIpc) is 2.56. The lowest BCUT2D eigenvalue weighted by Crippen LogP contribution is -2.08. The van der Waals surface area contributed by atoms with Crippen LogP contribution in [-0.2, 0) is 25.5 Å². The van der Waals surface area contributed by atoms with Gasteiger partial charge in [0.15, 0.2) is 0 Å². The molecule has 0 saturated carbocycles. The van der Waals surface area contributed by atoms with Crippen LogP contribution in [0.4, 0.5) is 0 Å². The van der Waals surface area contributed by atoms with Gasteiger partial charge in [-0.05, 0) is 30.7 Å². The number of hydrogen-bond donors (Lipinski definition) is 0. The average molecular weight is 235 g/mol. The van der Waals surface area contributed by atoms with Gasteiger partial charge >= 0.3 is 0 Å². The molecule has 15 heavy (non-hydrogen) atoms. The van der Waals surface area contributed by atoms with Gasteiger partial charge in [-0.2, -0.15) is 0 Å². The summed E-state index contributed by atoms with van der Waals surface area (Å²) >= 11 is 7.08. The Morgan fingerprint density at radius 3 is 3.20 bits per heavy atom. The van der Waals surface area contributed by atoms with Crippen LogP contribution in [0.25, 0.3) is 10.2 Å². The van der Waals surface area contributed by atoms with E-state index in [2.05, 4.69) is 16.9 Å². The van der Waals surface area contributed by atoms with E-state index in [1.54, 1.807) is 17.7 Å². The van der Waals surface area contributed by atoms with Crippen LogP contribution in [0.2, 0.25) is 0 Å². The highest BCUT2D eigenvalue weighted by atomic mass is 32.1. The van der Waals surface area contributed by atoms with Gasteiger partial charge in [0.25, 0.3) is 0 Å². The van der Waals surface area contributed by atoms with Crippen LogP contribution >= 0.6 is 11.3 Å². The van der Waals surface area contributed by atoms with Crippen LogP contribution in [0.1, 0.15) is 23.8 Å². The molecule has 0 bridgehead atoms. The maximum atomic E-state index is 5.28. The number of hydrogen-bond acceptors (Lipinski definition) is 4. The van der Waals surface area contributed by atoms with Crippen molar-refractivity contribution in [2.24, 2.45) is 5.92 Å². The van der Waals surface area contributed by atoms with E-state index >= 15 is 0 Å². The first-order valence-electron chi connectivity index (χ1n) is 5.18. The second kappa shape index (κ2) is 3.39. The zero-order valence-electron chi connectivity index (χ0n) is 8.49. The van der Waals surface area contributed by atoms with Gasteiger partial charge in [0, 0.05) is 10.3 Å². The molecule has 0 fully saturated rings. The largest absolute Gasteiger partial charge is 0.759 e. The van der Waals surface area contributed by atoms with Crippen LogP contribution in [0.15, 0.2) is 11.4 Å². The first kappa shape index (κ1) is 9.48. The van der Waals surface area contributed by atoms with Crippen molar-refractivity contribution in [3.05, 3.63) is 16.8 Å². The van der Waals surface area contributed by atoms with E-state index in [1.165, 1.54) is 23.3 Å². The molecule has 0 unspecified atom stereocenters. The second-order valence-electron chi connectivity index (χ2n) is 4.21. The Labute approximate surface area is 98.2 Å². The van der Waals surface area contributed by atoms with Crippen LogP contribution < -0.4 is 0 Å². The number of nitrogens with zero attached hydrogens (tertiary/aromatic N) is 2. The van der Waals surface area contributed by atoms with Crippen LogP contribution in [0.3, 0.4) is 0 Å². The first-order valence-corrected chi connectivity index (χ1v) is 6.40. The molecule has 0 amide bonds. The molecule has 1 aliphatic rings. The quantitative estimate of drug-likeness (QED) is 0.518. The molecule has 78 valence electrons. The van der Waals surface area contributed by atoms with E-state index in [-0.39, 0.29) is 0 Å². The van der Waals surface area contributed by atoms with Gasteiger partial charge in [0.2, 0.25) is 0 Å². The van der Waals surface area contributed by atoms with Gasteiger partial charge in [-0.25, -0.2) is 4.98 Å². The molecule has 0 spiro atoms. The molecule has 1 aliphatic carbocycles. The van der Waals surface area contributed by atoms with E-state index in [4.69, 9.17) is 12.6 Å². The highest BCUT2D eigenvalue weighted by Crippen LogP contribution is 2.37. The predicted molar refractivity (Wildman–Crippen MR) is 64.2 cm³/mol. The summed E-state index contributed by atoms with van der Waals surface area (Å²) in [5, 5.41) is 1.88. The fourth-order valence-corrected chi connectivity index (χ4v) is 3.93. The van der Waals surface area contributed by atoms with E-state index < -0.39 is 0 Å². The van der Waals surface area contributed by atoms with Gasteiger partial charge in [0.05, 0.1) is 0 Å². The molecule has 0 aromatic carbocycles. The summed E-state index contributed by atoms with van der Waals surface area (Å²) in [7, 11) is 0. The Morgan fingerprint density at radius 1 is 1.47 bits per heavy atom. The van der Waals surface area contributed by atoms with Crippen LogP contribution in [0.5, 0.6) is 0 Å². The molecule has 2 nitrogen and oxygen atoms in total. The van der Waals surface area contributed by atoms with Gasteiger partial charge < -0.3 is 12.6 Å². The maximum absolute atomic E-state index is 5.28. The van der Waals surface area contributed by atoms with Crippen molar-refractivity contribution in [2.75, 3.05) is 0 Å². The minimum Gasteiger partial charge on any atom is -0.759 e. The van der Waals surface area contributed by atoms with E-state index in [0.717, 1.165) is 27.6 Å².